The Morgan fingerprint density at radius 3 is 2.70 bits per heavy atom. The van der Waals surface area contributed by atoms with E-state index in [0.717, 1.165) is 6.42 Å². The molecule has 1 N–H and O–H groups in total. The molecule has 0 spiro atoms. The van der Waals surface area contributed by atoms with Gasteiger partial charge in [0, 0.05) is 30.2 Å². The van der Waals surface area contributed by atoms with Crippen LogP contribution in [-0.4, -0.2) is 18.8 Å². The first-order chi connectivity index (χ1) is 9.37. The number of benzene rings is 1. The second kappa shape index (κ2) is 6.08. The van der Waals surface area contributed by atoms with E-state index in [1.54, 1.807) is 0 Å². The zero-order valence-electron chi connectivity index (χ0n) is 12.0. The summed E-state index contributed by atoms with van der Waals surface area (Å²) in [6.07, 6.45) is 1.08. The van der Waals surface area contributed by atoms with Crippen molar-refractivity contribution in [1.29, 1.82) is 0 Å². The standard InChI is InChI=1S/C15H20BrF2NO/c1-4-20-13-7-12(15(13,2)3)19-8-9-11(17)6-5-10(16)14(9)18/h5-6,12-13,19H,4,7-8H2,1-3H3. The summed E-state index contributed by atoms with van der Waals surface area (Å²) in [5, 5.41) is 3.24. The van der Waals surface area contributed by atoms with Gasteiger partial charge in [-0.25, -0.2) is 8.78 Å². The van der Waals surface area contributed by atoms with Crippen molar-refractivity contribution in [1.82, 2.24) is 5.32 Å². The van der Waals surface area contributed by atoms with Gasteiger partial charge in [0.15, 0.2) is 0 Å². The largest absolute Gasteiger partial charge is 0.378 e. The predicted octanol–water partition coefficient (Wildman–Crippen LogP) is 4.02. The minimum absolute atomic E-state index is 0.0189. The van der Waals surface area contributed by atoms with E-state index >= 15 is 0 Å². The third-order valence-electron chi connectivity index (χ3n) is 4.21. The van der Waals surface area contributed by atoms with Gasteiger partial charge in [0.2, 0.25) is 0 Å². The topological polar surface area (TPSA) is 21.3 Å². The van der Waals surface area contributed by atoms with Crippen LogP contribution in [-0.2, 0) is 11.3 Å². The van der Waals surface area contributed by atoms with Crippen molar-refractivity contribution in [2.24, 2.45) is 5.41 Å². The SMILES string of the molecule is CCOC1CC(NCc2c(F)ccc(Br)c2F)C1(C)C. The molecule has 1 fully saturated rings. The molecule has 20 heavy (non-hydrogen) atoms. The fourth-order valence-electron chi connectivity index (χ4n) is 2.67. The molecule has 2 rings (SSSR count). The maximum Gasteiger partial charge on any atom is 0.144 e. The zero-order valence-corrected chi connectivity index (χ0v) is 13.6. The Morgan fingerprint density at radius 1 is 1.40 bits per heavy atom. The Bertz CT molecular complexity index is 493. The van der Waals surface area contributed by atoms with Crippen molar-refractivity contribution in [3.63, 3.8) is 0 Å². The Morgan fingerprint density at radius 2 is 2.10 bits per heavy atom. The Kier molecular flexibility index (Phi) is 4.82. The van der Waals surface area contributed by atoms with Gasteiger partial charge >= 0.3 is 0 Å². The van der Waals surface area contributed by atoms with Crippen molar-refractivity contribution in [2.75, 3.05) is 6.61 Å². The van der Waals surface area contributed by atoms with Crippen LogP contribution in [0.2, 0.25) is 0 Å². The number of halogens is 3. The van der Waals surface area contributed by atoms with Gasteiger partial charge in [-0.1, -0.05) is 13.8 Å². The van der Waals surface area contributed by atoms with Crippen LogP contribution in [0, 0.1) is 17.0 Å². The van der Waals surface area contributed by atoms with Gasteiger partial charge in [-0.15, -0.1) is 0 Å². The van der Waals surface area contributed by atoms with E-state index < -0.39 is 11.6 Å². The highest BCUT2D eigenvalue weighted by Gasteiger charge is 2.48. The molecule has 0 bridgehead atoms. The van der Waals surface area contributed by atoms with Crippen molar-refractivity contribution >= 4 is 15.9 Å². The number of ether oxygens (including phenoxy) is 1. The average Bonchev–Trinajstić information content (AvgIpc) is 2.40. The molecular weight excluding hydrogens is 328 g/mol. The van der Waals surface area contributed by atoms with E-state index in [9.17, 15) is 8.78 Å². The molecule has 0 aromatic heterocycles. The normalized spacial score (nSPS) is 24.5. The number of nitrogens with one attached hydrogen (secondary N) is 1. The summed E-state index contributed by atoms with van der Waals surface area (Å²) in [7, 11) is 0. The van der Waals surface area contributed by atoms with Crippen LogP contribution in [0.25, 0.3) is 0 Å². The molecule has 112 valence electrons. The Hall–Kier alpha value is -0.520. The summed E-state index contributed by atoms with van der Waals surface area (Å²) in [5.74, 6) is -1.05. The van der Waals surface area contributed by atoms with Crippen LogP contribution in [0.1, 0.15) is 32.8 Å². The van der Waals surface area contributed by atoms with Crippen molar-refractivity contribution in [3.05, 3.63) is 33.8 Å². The van der Waals surface area contributed by atoms with E-state index in [0.29, 0.717) is 6.61 Å². The first kappa shape index (κ1) is 15.9. The van der Waals surface area contributed by atoms with Crippen LogP contribution >= 0.6 is 15.9 Å². The fraction of sp³-hybridized carbons (Fsp3) is 0.600. The average molecular weight is 348 g/mol. The lowest BCUT2D eigenvalue weighted by molar-refractivity contribution is -0.114. The van der Waals surface area contributed by atoms with E-state index in [4.69, 9.17) is 4.74 Å². The minimum Gasteiger partial charge on any atom is -0.378 e. The highest BCUT2D eigenvalue weighted by atomic mass is 79.9. The van der Waals surface area contributed by atoms with Crippen LogP contribution in [0.5, 0.6) is 0 Å². The molecule has 0 radical (unpaired) electrons. The van der Waals surface area contributed by atoms with Gasteiger partial charge in [0.1, 0.15) is 11.6 Å². The highest BCUT2D eigenvalue weighted by Crippen LogP contribution is 2.42. The molecule has 1 aliphatic rings. The van der Waals surface area contributed by atoms with Crippen LogP contribution in [0.15, 0.2) is 16.6 Å². The molecule has 1 aliphatic carbocycles. The van der Waals surface area contributed by atoms with Gasteiger partial charge in [-0.3, -0.25) is 0 Å². The first-order valence-electron chi connectivity index (χ1n) is 6.85. The third kappa shape index (κ3) is 2.90. The van der Waals surface area contributed by atoms with Crippen LogP contribution in [0.4, 0.5) is 8.78 Å². The number of rotatable bonds is 5. The monoisotopic (exact) mass is 347 g/mol. The van der Waals surface area contributed by atoms with Crippen LogP contribution in [0.3, 0.4) is 0 Å². The maximum atomic E-state index is 13.9. The zero-order chi connectivity index (χ0) is 14.9. The number of hydrogen-bond acceptors (Lipinski definition) is 2. The molecule has 0 amide bonds. The molecule has 1 aromatic rings. The molecule has 1 saturated carbocycles. The second-order valence-electron chi connectivity index (χ2n) is 5.76. The van der Waals surface area contributed by atoms with E-state index in [-0.39, 0.29) is 34.1 Å². The molecule has 0 aliphatic heterocycles. The van der Waals surface area contributed by atoms with Crippen molar-refractivity contribution in [2.45, 2.75) is 45.9 Å². The maximum absolute atomic E-state index is 13.9. The lowest BCUT2D eigenvalue weighted by Crippen LogP contribution is -2.60. The summed E-state index contributed by atoms with van der Waals surface area (Å²) >= 11 is 3.08. The third-order valence-corrected chi connectivity index (χ3v) is 4.82. The molecule has 1 aromatic carbocycles. The molecule has 2 unspecified atom stereocenters. The van der Waals surface area contributed by atoms with Gasteiger partial charge in [0.05, 0.1) is 10.6 Å². The van der Waals surface area contributed by atoms with E-state index in [2.05, 4.69) is 35.1 Å². The summed E-state index contributed by atoms with van der Waals surface area (Å²) < 4.78 is 33.5. The van der Waals surface area contributed by atoms with E-state index in [1.165, 1.54) is 12.1 Å². The summed E-state index contributed by atoms with van der Waals surface area (Å²) in [5.41, 5.74) is 0.0599. The Balaban J connectivity index is 1.99. The molecule has 2 atom stereocenters. The fourth-order valence-corrected chi connectivity index (χ4v) is 3.04. The predicted molar refractivity (Wildman–Crippen MR) is 78.5 cm³/mol. The van der Waals surface area contributed by atoms with E-state index in [1.807, 2.05) is 6.92 Å². The molecule has 5 heteroatoms. The lowest BCUT2D eigenvalue weighted by atomic mass is 9.64. The molecule has 0 heterocycles. The quantitative estimate of drug-likeness (QED) is 0.812. The Labute approximate surface area is 127 Å². The molecular formula is C15H20BrF2NO. The van der Waals surface area contributed by atoms with Crippen molar-refractivity contribution < 1.29 is 13.5 Å². The van der Waals surface area contributed by atoms with Gasteiger partial charge in [-0.2, -0.15) is 0 Å². The van der Waals surface area contributed by atoms with Gasteiger partial charge < -0.3 is 10.1 Å². The molecule has 0 saturated heterocycles. The van der Waals surface area contributed by atoms with Crippen LogP contribution < -0.4 is 5.32 Å². The highest BCUT2D eigenvalue weighted by molar-refractivity contribution is 9.10. The second-order valence-corrected chi connectivity index (χ2v) is 6.61. The number of hydrogen-bond donors (Lipinski definition) is 1. The summed E-state index contributed by atoms with van der Waals surface area (Å²) in [6, 6.07) is 2.86. The van der Waals surface area contributed by atoms with Gasteiger partial charge in [-0.05, 0) is 41.4 Å². The smallest absolute Gasteiger partial charge is 0.144 e. The summed E-state index contributed by atoms with van der Waals surface area (Å²) in [4.78, 5) is 0. The van der Waals surface area contributed by atoms with Crippen molar-refractivity contribution in [3.8, 4) is 0 Å². The lowest BCUT2D eigenvalue weighted by Gasteiger charge is -2.52. The summed E-state index contributed by atoms with van der Waals surface area (Å²) in [6.45, 7) is 7.08. The minimum atomic E-state index is -0.531. The first-order valence-corrected chi connectivity index (χ1v) is 7.64. The molecule has 2 nitrogen and oxygen atoms in total. The van der Waals surface area contributed by atoms with Gasteiger partial charge in [0.25, 0.3) is 0 Å².